The van der Waals surface area contributed by atoms with Gasteiger partial charge in [-0.1, -0.05) is 61.3 Å². The van der Waals surface area contributed by atoms with E-state index in [-0.39, 0.29) is 17.2 Å². The van der Waals surface area contributed by atoms with E-state index in [1.54, 1.807) is 49.0 Å². The fourth-order valence-electron chi connectivity index (χ4n) is 3.85. The number of aliphatic imine (C=N–C) groups is 2. The van der Waals surface area contributed by atoms with Gasteiger partial charge in [0.15, 0.2) is 0 Å². The van der Waals surface area contributed by atoms with Crippen LogP contribution in [0.2, 0.25) is 10.0 Å². The zero-order valence-electron chi connectivity index (χ0n) is 21.8. The number of rotatable bonds is 8. The molecule has 198 valence electrons. The van der Waals surface area contributed by atoms with Gasteiger partial charge in [0.1, 0.15) is 17.1 Å². The molecule has 0 saturated carbocycles. The summed E-state index contributed by atoms with van der Waals surface area (Å²) < 4.78 is 5.50. The third kappa shape index (κ3) is 6.61. The molecule has 4 N–H and O–H groups in total. The van der Waals surface area contributed by atoms with Crippen molar-refractivity contribution in [1.29, 1.82) is 0 Å². The first-order chi connectivity index (χ1) is 18.1. The number of ether oxygens (including phenoxy) is 1. The Kier molecular flexibility index (Phi) is 9.69. The van der Waals surface area contributed by atoms with Crippen LogP contribution in [0.4, 0.5) is 11.4 Å². The molecule has 3 rings (SSSR count). The number of allylic oxidation sites excluding steroid dienone is 1. The van der Waals surface area contributed by atoms with E-state index in [1.165, 1.54) is 0 Å². The number of methoxy groups -OCH3 is 1. The molecule has 7 nitrogen and oxygen atoms in total. The van der Waals surface area contributed by atoms with Crippen molar-refractivity contribution >= 4 is 51.9 Å². The SMILES string of the molecule is COc1ccccc1N=C(C(C(=Nc1cc(Cl)ccc1C)c1ccc(Cl)cc1C)=C(N)C(=O)NO)C(C)C. The van der Waals surface area contributed by atoms with Crippen LogP contribution in [0.5, 0.6) is 5.75 Å². The van der Waals surface area contributed by atoms with E-state index >= 15 is 0 Å². The zero-order chi connectivity index (χ0) is 28.0. The van der Waals surface area contributed by atoms with Crippen LogP contribution in [0.1, 0.15) is 30.5 Å². The van der Waals surface area contributed by atoms with Crippen LogP contribution in [-0.4, -0.2) is 29.6 Å². The number of hydrogen-bond acceptors (Lipinski definition) is 6. The number of hydroxylamine groups is 1. The summed E-state index contributed by atoms with van der Waals surface area (Å²) >= 11 is 12.6. The molecule has 0 spiro atoms. The molecule has 0 aliphatic carbocycles. The molecule has 3 aromatic rings. The number of nitrogens with one attached hydrogen (secondary N) is 1. The number of halogens is 2. The van der Waals surface area contributed by atoms with Crippen molar-refractivity contribution in [2.75, 3.05) is 7.11 Å². The quantitative estimate of drug-likeness (QED) is 0.122. The number of para-hydroxylation sites is 2. The van der Waals surface area contributed by atoms with E-state index in [2.05, 4.69) is 0 Å². The number of carbonyl (C=O) groups is 1. The standard InChI is InChI=1S/C29H30Cl2N4O3/c1-16(2)27(33-22-8-6-7-9-24(22)38-5)25(26(32)29(36)35-37)28(21-13-12-19(30)14-18(21)4)34-23-15-20(31)11-10-17(23)3/h6-16,37H,32H2,1-5H3,(H,35,36). The Morgan fingerprint density at radius 2 is 1.61 bits per heavy atom. The van der Waals surface area contributed by atoms with Gasteiger partial charge in [0.05, 0.1) is 29.8 Å². The highest BCUT2D eigenvalue weighted by Crippen LogP contribution is 2.32. The first-order valence-electron chi connectivity index (χ1n) is 11.8. The molecule has 0 heterocycles. The van der Waals surface area contributed by atoms with Crippen LogP contribution in [0.3, 0.4) is 0 Å². The minimum atomic E-state index is -0.893. The van der Waals surface area contributed by atoms with Gasteiger partial charge >= 0.3 is 0 Å². The molecule has 0 radical (unpaired) electrons. The van der Waals surface area contributed by atoms with E-state index in [1.807, 2.05) is 52.0 Å². The van der Waals surface area contributed by atoms with Crippen LogP contribution in [0.25, 0.3) is 0 Å². The van der Waals surface area contributed by atoms with Crippen LogP contribution in [0.15, 0.2) is 81.9 Å². The monoisotopic (exact) mass is 552 g/mol. The molecule has 3 aromatic carbocycles. The van der Waals surface area contributed by atoms with Crippen LogP contribution in [0, 0.1) is 19.8 Å². The maximum absolute atomic E-state index is 12.8. The molecule has 0 bridgehead atoms. The van der Waals surface area contributed by atoms with E-state index in [9.17, 15) is 10.0 Å². The molecule has 9 heteroatoms. The van der Waals surface area contributed by atoms with E-state index in [0.717, 1.165) is 11.1 Å². The van der Waals surface area contributed by atoms with Crippen LogP contribution >= 0.6 is 23.2 Å². The Balaban J connectivity index is 2.49. The fourth-order valence-corrected chi connectivity index (χ4v) is 4.25. The summed E-state index contributed by atoms with van der Waals surface area (Å²) in [5.41, 5.74) is 12.3. The highest BCUT2D eigenvalue weighted by molar-refractivity contribution is 6.35. The topological polar surface area (TPSA) is 109 Å². The maximum atomic E-state index is 12.8. The fraction of sp³-hybridized carbons (Fsp3) is 0.207. The number of carbonyl (C=O) groups excluding carboxylic acids is 1. The first-order valence-corrected chi connectivity index (χ1v) is 12.6. The summed E-state index contributed by atoms with van der Waals surface area (Å²) in [5, 5.41) is 10.6. The zero-order valence-corrected chi connectivity index (χ0v) is 23.4. The lowest BCUT2D eigenvalue weighted by molar-refractivity contribution is -0.125. The molecule has 0 atom stereocenters. The van der Waals surface area contributed by atoms with Gasteiger partial charge in [-0.15, -0.1) is 0 Å². The van der Waals surface area contributed by atoms with Crippen molar-refractivity contribution in [3.8, 4) is 5.75 Å². The van der Waals surface area contributed by atoms with Gasteiger partial charge in [-0.25, -0.2) is 15.5 Å². The van der Waals surface area contributed by atoms with Crippen LogP contribution in [-0.2, 0) is 4.79 Å². The summed E-state index contributed by atoms with van der Waals surface area (Å²) in [7, 11) is 1.56. The molecular weight excluding hydrogens is 523 g/mol. The summed E-state index contributed by atoms with van der Waals surface area (Å²) in [6, 6.07) is 18.0. The smallest absolute Gasteiger partial charge is 0.291 e. The predicted molar refractivity (Wildman–Crippen MR) is 155 cm³/mol. The highest BCUT2D eigenvalue weighted by Gasteiger charge is 2.27. The average molecular weight is 553 g/mol. The maximum Gasteiger partial charge on any atom is 0.291 e. The van der Waals surface area contributed by atoms with Gasteiger partial charge in [-0.05, 0) is 67.3 Å². The molecule has 0 aliphatic heterocycles. The number of benzene rings is 3. The van der Waals surface area contributed by atoms with E-state index < -0.39 is 5.91 Å². The van der Waals surface area contributed by atoms with Crippen molar-refractivity contribution in [3.05, 3.63) is 98.7 Å². The third-order valence-corrected chi connectivity index (χ3v) is 6.30. The summed E-state index contributed by atoms with van der Waals surface area (Å²) in [6.07, 6.45) is 0. The Bertz CT molecular complexity index is 1450. The van der Waals surface area contributed by atoms with Gasteiger partial charge in [-0.3, -0.25) is 10.0 Å². The number of aryl methyl sites for hydroxylation is 2. The van der Waals surface area contributed by atoms with Gasteiger partial charge in [-0.2, -0.15) is 0 Å². The van der Waals surface area contributed by atoms with Crippen molar-refractivity contribution < 1.29 is 14.7 Å². The lowest BCUT2D eigenvalue weighted by atomic mass is 9.88. The second-order valence-electron chi connectivity index (χ2n) is 8.90. The van der Waals surface area contributed by atoms with Crippen molar-refractivity contribution in [3.63, 3.8) is 0 Å². The molecule has 0 unspecified atom stereocenters. The van der Waals surface area contributed by atoms with Crippen molar-refractivity contribution in [2.24, 2.45) is 21.6 Å². The highest BCUT2D eigenvalue weighted by atomic mass is 35.5. The van der Waals surface area contributed by atoms with E-state index in [0.29, 0.717) is 44.2 Å². The molecule has 0 saturated heterocycles. The lowest BCUT2D eigenvalue weighted by Crippen LogP contribution is -2.32. The minimum absolute atomic E-state index is 0.224. The Labute approximate surface area is 232 Å². The number of nitrogens with zero attached hydrogens (tertiary/aromatic N) is 2. The van der Waals surface area contributed by atoms with Gasteiger partial charge in [0.2, 0.25) is 0 Å². The second-order valence-corrected chi connectivity index (χ2v) is 9.78. The van der Waals surface area contributed by atoms with Crippen molar-refractivity contribution in [1.82, 2.24) is 5.48 Å². The first kappa shape index (κ1) is 28.9. The molecule has 0 aliphatic rings. The molecular formula is C29H30Cl2N4O3. The summed E-state index contributed by atoms with van der Waals surface area (Å²) in [4.78, 5) is 22.7. The van der Waals surface area contributed by atoms with Gasteiger partial charge < -0.3 is 10.5 Å². The normalized spacial score (nSPS) is 12.9. The lowest BCUT2D eigenvalue weighted by Gasteiger charge is -2.21. The largest absolute Gasteiger partial charge is 0.494 e. The Hall–Kier alpha value is -3.65. The van der Waals surface area contributed by atoms with Gasteiger partial charge in [0.25, 0.3) is 5.91 Å². The molecule has 38 heavy (non-hydrogen) atoms. The van der Waals surface area contributed by atoms with Crippen LogP contribution < -0.4 is 16.0 Å². The molecule has 0 aromatic heterocycles. The molecule has 1 amide bonds. The number of hydrogen-bond donors (Lipinski definition) is 3. The summed E-state index contributed by atoms with van der Waals surface area (Å²) in [5.74, 6) is -0.573. The Morgan fingerprint density at radius 3 is 2.24 bits per heavy atom. The molecule has 0 fully saturated rings. The Morgan fingerprint density at radius 1 is 0.947 bits per heavy atom. The third-order valence-electron chi connectivity index (χ3n) is 5.83. The van der Waals surface area contributed by atoms with Gasteiger partial charge in [0, 0.05) is 15.6 Å². The minimum Gasteiger partial charge on any atom is -0.494 e. The van der Waals surface area contributed by atoms with Crippen molar-refractivity contribution in [2.45, 2.75) is 27.7 Å². The van der Waals surface area contributed by atoms with E-state index in [4.69, 9.17) is 43.7 Å². The second kappa shape index (κ2) is 12.7. The summed E-state index contributed by atoms with van der Waals surface area (Å²) in [6.45, 7) is 7.64. The average Bonchev–Trinajstić information content (AvgIpc) is 2.89. The predicted octanol–water partition coefficient (Wildman–Crippen LogP) is 6.89. The number of nitrogens with two attached hydrogens (primary N) is 1. The number of amides is 1.